The van der Waals surface area contributed by atoms with Crippen molar-refractivity contribution in [2.24, 2.45) is 17.1 Å². The zero-order valence-corrected chi connectivity index (χ0v) is 13.7. The SMILES string of the molecule is CC(C)(C)C(Cc1ccccc1)[C@@H](N)[C@H](O)c1ccccc1. The quantitative estimate of drug-likeness (QED) is 0.877. The lowest BCUT2D eigenvalue weighted by atomic mass is 9.71. The summed E-state index contributed by atoms with van der Waals surface area (Å²) in [6, 6.07) is 19.8. The zero-order valence-electron chi connectivity index (χ0n) is 13.7. The Kier molecular flexibility index (Phi) is 5.38. The molecule has 2 nitrogen and oxygen atoms in total. The van der Waals surface area contributed by atoms with Crippen molar-refractivity contribution in [3.8, 4) is 0 Å². The van der Waals surface area contributed by atoms with Gasteiger partial charge in [-0.3, -0.25) is 0 Å². The maximum Gasteiger partial charge on any atom is 0.0943 e. The van der Waals surface area contributed by atoms with Crippen LogP contribution in [0, 0.1) is 11.3 Å². The van der Waals surface area contributed by atoms with Crippen molar-refractivity contribution in [1.82, 2.24) is 0 Å². The summed E-state index contributed by atoms with van der Waals surface area (Å²) < 4.78 is 0. The minimum Gasteiger partial charge on any atom is -0.387 e. The van der Waals surface area contributed by atoms with Crippen LogP contribution in [0.2, 0.25) is 0 Å². The van der Waals surface area contributed by atoms with Gasteiger partial charge in [-0.05, 0) is 28.9 Å². The smallest absolute Gasteiger partial charge is 0.0943 e. The van der Waals surface area contributed by atoms with E-state index in [1.165, 1.54) is 5.56 Å². The number of nitrogens with two attached hydrogens (primary N) is 1. The Bertz CT molecular complexity index is 559. The molecule has 2 aromatic carbocycles. The van der Waals surface area contributed by atoms with Crippen LogP contribution < -0.4 is 5.73 Å². The second kappa shape index (κ2) is 7.08. The summed E-state index contributed by atoms with van der Waals surface area (Å²) in [6.07, 6.45) is 0.226. The highest BCUT2D eigenvalue weighted by Crippen LogP contribution is 2.35. The van der Waals surface area contributed by atoms with Crippen LogP contribution in [0.4, 0.5) is 0 Å². The molecule has 0 aliphatic rings. The first-order valence-electron chi connectivity index (χ1n) is 7.92. The first kappa shape index (κ1) is 16.7. The van der Waals surface area contributed by atoms with Gasteiger partial charge in [0.25, 0.3) is 0 Å². The third-order valence-corrected chi connectivity index (χ3v) is 4.38. The summed E-state index contributed by atoms with van der Waals surface area (Å²) in [6.45, 7) is 6.58. The molecule has 2 heteroatoms. The summed E-state index contributed by atoms with van der Waals surface area (Å²) >= 11 is 0. The Hall–Kier alpha value is -1.64. The Labute approximate surface area is 134 Å². The molecule has 0 bridgehead atoms. The molecule has 22 heavy (non-hydrogen) atoms. The molecule has 3 atom stereocenters. The van der Waals surface area contributed by atoms with Gasteiger partial charge in [-0.25, -0.2) is 0 Å². The normalized spacial score (nSPS) is 16.0. The van der Waals surface area contributed by atoms with E-state index < -0.39 is 6.10 Å². The summed E-state index contributed by atoms with van der Waals surface area (Å²) in [5.74, 6) is 0.185. The van der Waals surface area contributed by atoms with Crippen LogP contribution in [0.5, 0.6) is 0 Å². The van der Waals surface area contributed by atoms with Gasteiger partial charge >= 0.3 is 0 Å². The van der Waals surface area contributed by atoms with Crippen molar-refractivity contribution in [3.05, 3.63) is 71.8 Å². The molecule has 0 amide bonds. The van der Waals surface area contributed by atoms with E-state index in [4.69, 9.17) is 5.73 Å². The van der Waals surface area contributed by atoms with Crippen LogP contribution in [0.15, 0.2) is 60.7 Å². The average molecular weight is 297 g/mol. The lowest BCUT2D eigenvalue weighted by molar-refractivity contribution is 0.0748. The second-order valence-corrected chi connectivity index (χ2v) is 7.10. The predicted molar refractivity (Wildman–Crippen MR) is 92.5 cm³/mol. The first-order valence-corrected chi connectivity index (χ1v) is 7.92. The van der Waals surface area contributed by atoms with Crippen molar-refractivity contribution >= 4 is 0 Å². The van der Waals surface area contributed by atoms with Crippen molar-refractivity contribution in [2.45, 2.75) is 39.3 Å². The van der Waals surface area contributed by atoms with Crippen LogP contribution in [0.3, 0.4) is 0 Å². The van der Waals surface area contributed by atoms with E-state index in [1.54, 1.807) is 0 Å². The van der Waals surface area contributed by atoms with E-state index in [2.05, 4.69) is 32.9 Å². The molecule has 2 rings (SSSR count). The Morgan fingerprint density at radius 2 is 1.41 bits per heavy atom. The van der Waals surface area contributed by atoms with Gasteiger partial charge in [-0.1, -0.05) is 81.4 Å². The molecule has 0 aromatic heterocycles. The second-order valence-electron chi connectivity index (χ2n) is 7.10. The number of rotatable bonds is 5. The average Bonchev–Trinajstić information content (AvgIpc) is 2.52. The highest BCUT2D eigenvalue weighted by Gasteiger charge is 2.34. The molecular formula is C20H27NO. The van der Waals surface area contributed by atoms with Crippen LogP contribution in [-0.4, -0.2) is 11.1 Å². The number of aliphatic hydroxyl groups is 1. The highest BCUT2D eigenvalue weighted by atomic mass is 16.3. The Morgan fingerprint density at radius 3 is 1.91 bits per heavy atom. The van der Waals surface area contributed by atoms with E-state index in [-0.39, 0.29) is 17.4 Å². The van der Waals surface area contributed by atoms with Gasteiger partial charge in [0, 0.05) is 6.04 Å². The number of aliphatic hydroxyl groups excluding tert-OH is 1. The highest BCUT2D eigenvalue weighted by molar-refractivity contribution is 5.21. The third kappa shape index (κ3) is 4.19. The molecule has 0 saturated carbocycles. The number of hydrogen-bond acceptors (Lipinski definition) is 2. The van der Waals surface area contributed by atoms with Crippen LogP contribution in [0.25, 0.3) is 0 Å². The topological polar surface area (TPSA) is 46.2 Å². The molecule has 0 heterocycles. The fraction of sp³-hybridized carbons (Fsp3) is 0.400. The molecule has 0 fully saturated rings. The molecule has 2 aromatic rings. The van der Waals surface area contributed by atoms with Gasteiger partial charge in [-0.2, -0.15) is 0 Å². The van der Waals surface area contributed by atoms with Gasteiger partial charge in [0.2, 0.25) is 0 Å². The molecule has 0 radical (unpaired) electrons. The molecule has 3 N–H and O–H groups in total. The molecular weight excluding hydrogens is 270 g/mol. The third-order valence-electron chi connectivity index (χ3n) is 4.38. The summed E-state index contributed by atoms with van der Waals surface area (Å²) in [5.41, 5.74) is 8.64. The Morgan fingerprint density at radius 1 is 0.909 bits per heavy atom. The summed E-state index contributed by atoms with van der Waals surface area (Å²) in [4.78, 5) is 0. The van der Waals surface area contributed by atoms with Crippen molar-refractivity contribution < 1.29 is 5.11 Å². The van der Waals surface area contributed by atoms with Gasteiger partial charge in [0.1, 0.15) is 0 Å². The van der Waals surface area contributed by atoms with E-state index in [9.17, 15) is 5.11 Å². The maximum atomic E-state index is 10.7. The monoisotopic (exact) mass is 297 g/mol. The van der Waals surface area contributed by atoms with E-state index in [0.717, 1.165) is 12.0 Å². The zero-order chi connectivity index (χ0) is 16.2. The number of hydrogen-bond donors (Lipinski definition) is 2. The fourth-order valence-corrected chi connectivity index (χ4v) is 2.98. The first-order chi connectivity index (χ1) is 10.4. The molecule has 0 spiro atoms. The number of benzene rings is 2. The lowest BCUT2D eigenvalue weighted by Gasteiger charge is -2.38. The molecule has 0 aliphatic carbocycles. The molecule has 0 aliphatic heterocycles. The predicted octanol–water partition coefficient (Wildman–Crippen LogP) is 3.95. The molecule has 118 valence electrons. The van der Waals surface area contributed by atoms with E-state index in [1.807, 2.05) is 48.5 Å². The largest absolute Gasteiger partial charge is 0.387 e. The van der Waals surface area contributed by atoms with Gasteiger partial charge in [0.05, 0.1) is 6.10 Å². The van der Waals surface area contributed by atoms with Crippen LogP contribution in [-0.2, 0) is 6.42 Å². The minimum absolute atomic E-state index is 0.0189. The standard InChI is InChI=1S/C20H27NO/c1-20(2,3)17(14-15-10-6-4-7-11-15)18(21)19(22)16-12-8-5-9-13-16/h4-13,17-19,22H,14,21H2,1-3H3/t17?,18-,19-/m1/s1. The van der Waals surface area contributed by atoms with Gasteiger partial charge in [0.15, 0.2) is 0 Å². The van der Waals surface area contributed by atoms with E-state index >= 15 is 0 Å². The fourth-order valence-electron chi connectivity index (χ4n) is 2.98. The summed E-state index contributed by atoms with van der Waals surface area (Å²) in [7, 11) is 0. The molecule has 1 unspecified atom stereocenters. The van der Waals surface area contributed by atoms with Gasteiger partial charge < -0.3 is 10.8 Å². The van der Waals surface area contributed by atoms with Crippen LogP contribution in [0.1, 0.15) is 38.0 Å². The van der Waals surface area contributed by atoms with Crippen molar-refractivity contribution in [2.75, 3.05) is 0 Å². The maximum absolute atomic E-state index is 10.7. The lowest BCUT2D eigenvalue weighted by Crippen LogP contribution is -2.43. The van der Waals surface area contributed by atoms with Gasteiger partial charge in [-0.15, -0.1) is 0 Å². The minimum atomic E-state index is -0.644. The van der Waals surface area contributed by atoms with Crippen molar-refractivity contribution in [1.29, 1.82) is 0 Å². The Balaban J connectivity index is 2.22. The summed E-state index contributed by atoms with van der Waals surface area (Å²) in [5, 5.41) is 10.7. The molecule has 0 saturated heterocycles. The van der Waals surface area contributed by atoms with Crippen molar-refractivity contribution in [3.63, 3.8) is 0 Å². The van der Waals surface area contributed by atoms with Crippen LogP contribution >= 0.6 is 0 Å². The van der Waals surface area contributed by atoms with E-state index in [0.29, 0.717) is 0 Å².